The van der Waals surface area contributed by atoms with Crippen molar-refractivity contribution in [2.75, 3.05) is 0 Å². The van der Waals surface area contributed by atoms with Gasteiger partial charge in [0.05, 0.1) is 6.10 Å². The van der Waals surface area contributed by atoms with E-state index in [0.717, 1.165) is 9.13 Å². The summed E-state index contributed by atoms with van der Waals surface area (Å²) in [5.74, 6) is 5.68. The third-order valence-corrected chi connectivity index (χ3v) is 3.53. The van der Waals surface area contributed by atoms with Gasteiger partial charge >= 0.3 is 0 Å². The number of benzene rings is 1. The van der Waals surface area contributed by atoms with Crippen LogP contribution in [0.5, 0.6) is 0 Å². The first-order chi connectivity index (χ1) is 6.66. The second-order valence-corrected chi connectivity index (χ2v) is 4.20. The lowest BCUT2D eigenvalue weighted by Crippen LogP contribution is -2.00. The van der Waals surface area contributed by atoms with Gasteiger partial charge in [-0.1, -0.05) is 18.2 Å². The molecule has 1 N–H and O–H groups in total. The highest BCUT2D eigenvalue weighted by Crippen LogP contribution is 2.24. The Balaban J connectivity index is 2.93. The van der Waals surface area contributed by atoms with E-state index >= 15 is 0 Å². The van der Waals surface area contributed by atoms with Gasteiger partial charge in [-0.3, -0.25) is 0 Å². The van der Waals surface area contributed by atoms with E-state index in [9.17, 15) is 5.11 Å². The fourth-order valence-corrected chi connectivity index (χ4v) is 1.96. The molecule has 1 atom stereocenters. The molecule has 74 valence electrons. The highest BCUT2D eigenvalue weighted by Gasteiger charge is 2.10. The van der Waals surface area contributed by atoms with Crippen LogP contribution in [-0.4, -0.2) is 5.11 Å². The Morgan fingerprint density at radius 1 is 1.50 bits per heavy atom. The van der Waals surface area contributed by atoms with Crippen LogP contribution in [0.1, 0.15) is 30.6 Å². The number of hydrogen-bond acceptors (Lipinski definition) is 1. The van der Waals surface area contributed by atoms with Gasteiger partial charge in [0.25, 0.3) is 0 Å². The molecular formula is C12H13IO. The molecule has 1 aromatic carbocycles. The summed E-state index contributed by atoms with van der Waals surface area (Å²) in [7, 11) is 0. The minimum Gasteiger partial charge on any atom is -0.387 e. The van der Waals surface area contributed by atoms with Gasteiger partial charge in [0.1, 0.15) is 0 Å². The first-order valence-electron chi connectivity index (χ1n) is 4.49. The Morgan fingerprint density at radius 3 is 2.86 bits per heavy atom. The number of rotatable bonds is 2. The number of aliphatic hydroxyl groups excluding tert-OH is 1. The van der Waals surface area contributed by atoms with Crippen molar-refractivity contribution < 1.29 is 5.11 Å². The molecule has 0 spiro atoms. The zero-order chi connectivity index (χ0) is 10.6. The minimum absolute atomic E-state index is 0.464. The molecule has 0 fully saturated rings. The van der Waals surface area contributed by atoms with Crippen LogP contribution in [0.15, 0.2) is 18.2 Å². The largest absolute Gasteiger partial charge is 0.387 e. The summed E-state index contributed by atoms with van der Waals surface area (Å²) in [5.41, 5.74) is 2.18. The van der Waals surface area contributed by atoms with Crippen molar-refractivity contribution >= 4 is 22.6 Å². The van der Waals surface area contributed by atoms with E-state index in [1.54, 1.807) is 6.92 Å². The molecule has 0 aliphatic heterocycles. The van der Waals surface area contributed by atoms with Crippen LogP contribution in [0, 0.1) is 22.3 Å². The molecule has 14 heavy (non-hydrogen) atoms. The lowest BCUT2D eigenvalue weighted by atomic mass is 10.0. The number of aliphatic hydroxyl groups is 1. The third kappa shape index (κ3) is 2.73. The maximum absolute atomic E-state index is 9.85. The highest BCUT2D eigenvalue weighted by molar-refractivity contribution is 14.1. The fraction of sp³-hybridized carbons (Fsp3) is 0.333. The summed E-state index contributed by atoms with van der Waals surface area (Å²) in [6.45, 7) is 3.83. The topological polar surface area (TPSA) is 20.2 Å². The summed E-state index contributed by atoms with van der Waals surface area (Å²) in [5, 5.41) is 9.85. The summed E-state index contributed by atoms with van der Waals surface area (Å²) in [6.07, 6.45) is 0.0462. The van der Waals surface area contributed by atoms with Gasteiger partial charge in [0.15, 0.2) is 0 Å². The Morgan fingerprint density at radius 2 is 2.21 bits per heavy atom. The molecule has 1 rings (SSSR count). The van der Waals surface area contributed by atoms with Crippen molar-refractivity contribution in [3.05, 3.63) is 32.9 Å². The van der Waals surface area contributed by atoms with Crippen LogP contribution in [0.3, 0.4) is 0 Å². The van der Waals surface area contributed by atoms with Gasteiger partial charge in [0.2, 0.25) is 0 Å². The van der Waals surface area contributed by atoms with Gasteiger partial charge in [0, 0.05) is 9.99 Å². The normalized spacial score (nSPS) is 11.7. The van der Waals surface area contributed by atoms with Gasteiger partial charge in [-0.2, -0.15) is 0 Å². The second kappa shape index (κ2) is 5.38. The SMILES string of the molecule is CC#CCC(O)c1cccc(C)c1I. The number of hydrogen-bond donors (Lipinski definition) is 1. The predicted octanol–water partition coefficient (Wildman–Crippen LogP) is 3.05. The molecule has 0 aliphatic carbocycles. The van der Waals surface area contributed by atoms with Gasteiger partial charge in [-0.15, -0.1) is 11.8 Å². The third-order valence-electron chi connectivity index (χ3n) is 2.05. The number of halogens is 1. The summed E-state index contributed by atoms with van der Waals surface area (Å²) < 4.78 is 1.13. The average molecular weight is 300 g/mol. The standard InChI is InChI=1S/C12H13IO/c1-3-4-8-11(14)10-7-5-6-9(2)12(10)13/h5-7,11,14H,8H2,1-2H3. The Bertz CT molecular complexity index is 374. The maximum atomic E-state index is 9.85. The molecule has 2 heteroatoms. The fourth-order valence-electron chi connectivity index (χ4n) is 1.24. The molecule has 0 aliphatic rings. The Hall–Kier alpha value is -0.530. The van der Waals surface area contributed by atoms with E-state index in [-0.39, 0.29) is 0 Å². The van der Waals surface area contributed by atoms with Crippen LogP contribution in [0.4, 0.5) is 0 Å². The van der Waals surface area contributed by atoms with Gasteiger partial charge in [-0.05, 0) is 47.6 Å². The summed E-state index contributed by atoms with van der Waals surface area (Å²) in [6, 6.07) is 5.97. The van der Waals surface area contributed by atoms with Gasteiger partial charge < -0.3 is 5.11 Å². The van der Waals surface area contributed by atoms with Crippen LogP contribution in [0.2, 0.25) is 0 Å². The van der Waals surface area contributed by atoms with Crippen LogP contribution in [-0.2, 0) is 0 Å². The smallest absolute Gasteiger partial charge is 0.0909 e. The molecule has 1 nitrogen and oxygen atoms in total. The van der Waals surface area contributed by atoms with E-state index < -0.39 is 6.10 Å². The predicted molar refractivity (Wildman–Crippen MR) is 66.9 cm³/mol. The molecule has 0 saturated heterocycles. The minimum atomic E-state index is -0.464. The van der Waals surface area contributed by atoms with E-state index in [1.807, 2.05) is 25.1 Å². The van der Waals surface area contributed by atoms with Crippen molar-refractivity contribution in [3.8, 4) is 11.8 Å². The quantitative estimate of drug-likeness (QED) is 0.657. The second-order valence-electron chi connectivity index (χ2n) is 3.12. The average Bonchev–Trinajstić information content (AvgIpc) is 2.18. The van der Waals surface area contributed by atoms with E-state index in [4.69, 9.17) is 0 Å². The first-order valence-corrected chi connectivity index (χ1v) is 5.57. The molecular weight excluding hydrogens is 287 g/mol. The number of aryl methyl sites for hydroxylation is 1. The Kier molecular flexibility index (Phi) is 4.43. The summed E-state index contributed by atoms with van der Waals surface area (Å²) >= 11 is 2.26. The molecule has 0 saturated carbocycles. The lowest BCUT2D eigenvalue weighted by molar-refractivity contribution is 0.183. The van der Waals surface area contributed by atoms with Crippen molar-refractivity contribution in [1.29, 1.82) is 0 Å². The molecule has 1 unspecified atom stereocenters. The molecule has 0 radical (unpaired) electrons. The first kappa shape index (κ1) is 11.5. The van der Waals surface area contributed by atoms with Crippen LogP contribution >= 0.6 is 22.6 Å². The lowest BCUT2D eigenvalue weighted by Gasteiger charge is -2.11. The monoisotopic (exact) mass is 300 g/mol. The van der Waals surface area contributed by atoms with Crippen molar-refractivity contribution in [2.45, 2.75) is 26.4 Å². The van der Waals surface area contributed by atoms with Gasteiger partial charge in [-0.25, -0.2) is 0 Å². The Labute approximate surface area is 98.7 Å². The molecule has 0 amide bonds. The zero-order valence-electron chi connectivity index (χ0n) is 8.34. The van der Waals surface area contributed by atoms with E-state index in [2.05, 4.69) is 34.4 Å². The van der Waals surface area contributed by atoms with Crippen molar-refractivity contribution in [1.82, 2.24) is 0 Å². The molecule has 0 bridgehead atoms. The van der Waals surface area contributed by atoms with Crippen LogP contribution < -0.4 is 0 Å². The molecule has 0 heterocycles. The highest BCUT2D eigenvalue weighted by atomic mass is 127. The van der Waals surface area contributed by atoms with Crippen molar-refractivity contribution in [2.24, 2.45) is 0 Å². The van der Waals surface area contributed by atoms with Crippen molar-refractivity contribution in [3.63, 3.8) is 0 Å². The molecule has 0 aromatic heterocycles. The zero-order valence-corrected chi connectivity index (χ0v) is 10.5. The van der Waals surface area contributed by atoms with E-state index in [1.165, 1.54) is 5.56 Å². The maximum Gasteiger partial charge on any atom is 0.0909 e. The van der Waals surface area contributed by atoms with Crippen LogP contribution in [0.25, 0.3) is 0 Å². The molecule has 1 aromatic rings. The summed E-state index contributed by atoms with van der Waals surface area (Å²) in [4.78, 5) is 0. The van der Waals surface area contributed by atoms with E-state index in [0.29, 0.717) is 6.42 Å².